The average Bonchev–Trinajstić information content (AvgIpc) is 2.64. The number of carbonyl (C=O) groups is 1. The van der Waals surface area contributed by atoms with Crippen molar-refractivity contribution in [1.29, 1.82) is 0 Å². The number of aryl methyl sites for hydroxylation is 1. The van der Waals surface area contributed by atoms with E-state index in [9.17, 15) is 22.0 Å². The normalized spacial score (nSPS) is 11.5. The Labute approximate surface area is 163 Å². The Bertz CT molecular complexity index is 961. The van der Waals surface area contributed by atoms with E-state index in [2.05, 4.69) is 10.6 Å². The van der Waals surface area contributed by atoms with Gasteiger partial charge in [0.25, 0.3) is 0 Å². The lowest BCUT2D eigenvalue weighted by Gasteiger charge is -2.20. The number of nitrogens with one attached hydrogen (secondary N) is 2. The number of carbonyl (C=O) groups excluding carboxylic acids is 1. The highest BCUT2D eigenvalue weighted by Crippen LogP contribution is 2.23. The maximum absolute atomic E-state index is 13.2. The Morgan fingerprint density at radius 1 is 1.00 bits per heavy atom. The summed E-state index contributed by atoms with van der Waals surface area (Å²) in [5, 5.41) is 5.28. The van der Waals surface area contributed by atoms with E-state index < -0.39 is 27.6 Å². The molecular formula is C19H23F2N3O3S. The van der Waals surface area contributed by atoms with Crippen LogP contribution in [0, 0.1) is 18.6 Å². The second kappa shape index (κ2) is 9.11. The van der Waals surface area contributed by atoms with Crippen LogP contribution in [0.3, 0.4) is 0 Å². The molecule has 0 spiro atoms. The van der Waals surface area contributed by atoms with Gasteiger partial charge in [-0.3, -0.25) is 4.79 Å². The van der Waals surface area contributed by atoms with Gasteiger partial charge in [-0.25, -0.2) is 17.2 Å². The van der Waals surface area contributed by atoms with Crippen LogP contribution in [0.1, 0.15) is 19.4 Å². The van der Waals surface area contributed by atoms with Gasteiger partial charge in [-0.2, -0.15) is 4.31 Å². The minimum absolute atomic E-state index is 0.124. The number of hydrogen-bond acceptors (Lipinski definition) is 4. The summed E-state index contributed by atoms with van der Waals surface area (Å²) in [5.74, 6) is -2.55. The van der Waals surface area contributed by atoms with Gasteiger partial charge >= 0.3 is 0 Å². The monoisotopic (exact) mass is 411 g/mol. The molecule has 0 unspecified atom stereocenters. The van der Waals surface area contributed by atoms with Crippen molar-refractivity contribution in [1.82, 2.24) is 4.31 Å². The minimum Gasteiger partial charge on any atom is -0.376 e. The van der Waals surface area contributed by atoms with Gasteiger partial charge in [0.15, 0.2) is 11.6 Å². The van der Waals surface area contributed by atoms with Gasteiger partial charge in [0.2, 0.25) is 15.9 Å². The van der Waals surface area contributed by atoms with E-state index in [4.69, 9.17) is 0 Å². The van der Waals surface area contributed by atoms with E-state index in [-0.39, 0.29) is 17.1 Å². The number of rotatable bonds is 8. The van der Waals surface area contributed by atoms with E-state index in [1.807, 2.05) is 0 Å². The fourth-order valence-electron chi connectivity index (χ4n) is 2.65. The molecule has 0 aliphatic heterocycles. The van der Waals surface area contributed by atoms with Gasteiger partial charge in [-0.15, -0.1) is 0 Å². The Hall–Kier alpha value is -2.52. The molecule has 0 aliphatic carbocycles. The molecule has 0 saturated heterocycles. The van der Waals surface area contributed by atoms with Crippen LogP contribution in [0.5, 0.6) is 0 Å². The fourth-order valence-corrected chi connectivity index (χ4v) is 4.36. The maximum Gasteiger partial charge on any atom is 0.243 e. The van der Waals surface area contributed by atoms with Crippen LogP contribution in [-0.4, -0.2) is 38.3 Å². The average molecular weight is 411 g/mol. The predicted octanol–water partition coefficient (Wildman–Crippen LogP) is 3.35. The summed E-state index contributed by atoms with van der Waals surface area (Å²) in [6.45, 7) is 5.77. The van der Waals surface area contributed by atoms with Gasteiger partial charge in [-0.1, -0.05) is 19.9 Å². The first kappa shape index (κ1) is 21.8. The lowest BCUT2D eigenvalue weighted by Crippen LogP contribution is -2.31. The quantitative estimate of drug-likeness (QED) is 0.698. The van der Waals surface area contributed by atoms with E-state index in [1.165, 1.54) is 16.4 Å². The Kier molecular flexibility index (Phi) is 7.09. The molecule has 0 aromatic heterocycles. The molecule has 0 saturated carbocycles. The molecule has 0 fully saturated rings. The summed E-state index contributed by atoms with van der Waals surface area (Å²) >= 11 is 0. The maximum atomic E-state index is 13.2. The van der Waals surface area contributed by atoms with Crippen molar-refractivity contribution < 1.29 is 22.0 Å². The molecule has 28 heavy (non-hydrogen) atoms. The van der Waals surface area contributed by atoms with Gasteiger partial charge in [0, 0.05) is 30.5 Å². The molecule has 2 rings (SSSR count). The first-order valence-corrected chi connectivity index (χ1v) is 10.2. The van der Waals surface area contributed by atoms with Crippen molar-refractivity contribution in [3.63, 3.8) is 0 Å². The second-order valence-electron chi connectivity index (χ2n) is 6.10. The van der Waals surface area contributed by atoms with E-state index in [0.717, 1.165) is 12.1 Å². The van der Waals surface area contributed by atoms with Crippen LogP contribution < -0.4 is 10.6 Å². The number of sulfonamides is 1. The SMILES string of the molecule is CCN(CC)S(=O)(=O)c1cc(NCC(=O)Nc2ccc(F)c(F)c2)ccc1C. The third-order valence-corrected chi connectivity index (χ3v) is 6.36. The van der Waals surface area contributed by atoms with Crippen LogP contribution in [0.2, 0.25) is 0 Å². The number of anilines is 2. The van der Waals surface area contributed by atoms with Crippen molar-refractivity contribution in [2.45, 2.75) is 25.7 Å². The molecule has 6 nitrogen and oxygen atoms in total. The molecular weight excluding hydrogens is 388 g/mol. The largest absolute Gasteiger partial charge is 0.376 e. The lowest BCUT2D eigenvalue weighted by molar-refractivity contribution is -0.114. The van der Waals surface area contributed by atoms with Crippen LogP contribution in [0.15, 0.2) is 41.3 Å². The fraction of sp³-hybridized carbons (Fsp3) is 0.316. The van der Waals surface area contributed by atoms with E-state index in [1.54, 1.807) is 32.9 Å². The van der Waals surface area contributed by atoms with Crippen molar-refractivity contribution in [3.8, 4) is 0 Å². The van der Waals surface area contributed by atoms with Crippen molar-refractivity contribution >= 4 is 27.3 Å². The third kappa shape index (κ3) is 5.05. The van der Waals surface area contributed by atoms with Crippen molar-refractivity contribution in [3.05, 3.63) is 53.6 Å². The van der Waals surface area contributed by atoms with Gasteiger partial charge in [0.1, 0.15) is 0 Å². The zero-order valence-corrected chi connectivity index (χ0v) is 16.7. The van der Waals surface area contributed by atoms with Crippen molar-refractivity contribution in [2.24, 2.45) is 0 Å². The Morgan fingerprint density at radius 3 is 2.25 bits per heavy atom. The van der Waals surface area contributed by atoms with Gasteiger partial charge in [0.05, 0.1) is 11.4 Å². The summed E-state index contributed by atoms with van der Waals surface area (Å²) in [7, 11) is -3.63. The van der Waals surface area contributed by atoms with Crippen molar-refractivity contribution in [2.75, 3.05) is 30.3 Å². The lowest BCUT2D eigenvalue weighted by atomic mass is 10.2. The standard InChI is InChI=1S/C19H23F2N3O3S/c1-4-24(5-2)28(26,27)18-11-14(7-6-13(18)3)22-12-19(25)23-15-8-9-16(20)17(21)10-15/h6-11,22H,4-5,12H2,1-3H3,(H,23,25). The zero-order valence-electron chi connectivity index (χ0n) is 15.9. The number of amides is 1. The van der Waals surface area contributed by atoms with Crippen LogP contribution in [0.4, 0.5) is 20.2 Å². The molecule has 2 N–H and O–H groups in total. The smallest absolute Gasteiger partial charge is 0.243 e. The highest BCUT2D eigenvalue weighted by atomic mass is 32.2. The highest BCUT2D eigenvalue weighted by molar-refractivity contribution is 7.89. The Morgan fingerprint density at radius 2 is 1.64 bits per heavy atom. The number of benzene rings is 2. The van der Waals surface area contributed by atoms with Crippen LogP contribution in [-0.2, 0) is 14.8 Å². The minimum atomic E-state index is -3.63. The van der Waals surface area contributed by atoms with Gasteiger partial charge in [-0.05, 0) is 36.8 Å². The molecule has 0 bridgehead atoms. The molecule has 9 heteroatoms. The molecule has 2 aromatic rings. The first-order valence-electron chi connectivity index (χ1n) is 8.78. The summed E-state index contributed by atoms with van der Waals surface area (Å²) in [5.41, 5.74) is 1.18. The summed E-state index contributed by atoms with van der Waals surface area (Å²) in [6.07, 6.45) is 0. The zero-order chi connectivity index (χ0) is 20.9. The highest BCUT2D eigenvalue weighted by Gasteiger charge is 2.23. The Balaban J connectivity index is 2.10. The molecule has 152 valence electrons. The number of halogens is 2. The summed E-state index contributed by atoms with van der Waals surface area (Å²) in [6, 6.07) is 7.86. The van der Waals surface area contributed by atoms with E-state index >= 15 is 0 Å². The van der Waals surface area contributed by atoms with Crippen LogP contribution in [0.25, 0.3) is 0 Å². The van der Waals surface area contributed by atoms with E-state index in [0.29, 0.717) is 24.3 Å². The molecule has 0 atom stereocenters. The molecule has 0 radical (unpaired) electrons. The summed E-state index contributed by atoms with van der Waals surface area (Å²) < 4.78 is 53.0. The topological polar surface area (TPSA) is 78.5 Å². The van der Waals surface area contributed by atoms with Crippen LogP contribution >= 0.6 is 0 Å². The second-order valence-corrected chi connectivity index (χ2v) is 8.01. The molecule has 1 amide bonds. The first-order chi connectivity index (χ1) is 13.2. The third-order valence-electron chi connectivity index (χ3n) is 4.17. The number of nitrogens with zero attached hydrogens (tertiary/aromatic N) is 1. The number of hydrogen-bond donors (Lipinski definition) is 2. The van der Waals surface area contributed by atoms with Gasteiger partial charge < -0.3 is 10.6 Å². The molecule has 2 aromatic carbocycles. The summed E-state index contributed by atoms with van der Waals surface area (Å²) in [4.78, 5) is 12.2. The molecule has 0 aliphatic rings. The molecule has 0 heterocycles. The predicted molar refractivity (Wildman–Crippen MR) is 105 cm³/mol.